The normalized spacial score (nSPS) is 11.8. The van der Waals surface area contributed by atoms with Gasteiger partial charge in [0.1, 0.15) is 24.2 Å². The Morgan fingerprint density at radius 3 is 2.50 bits per heavy atom. The van der Waals surface area contributed by atoms with Crippen molar-refractivity contribution in [1.82, 2.24) is 4.90 Å². The van der Waals surface area contributed by atoms with Gasteiger partial charge in [-0.3, -0.25) is 0 Å². The van der Waals surface area contributed by atoms with Crippen LogP contribution in [0.15, 0.2) is 48.5 Å². The predicted molar refractivity (Wildman–Crippen MR) is 102 cm³/mol. The van der Waals surface area contributed by atoms with Gasteiger partial charge in [-0.05, 0) is 56.3 Å². The van der Waals surface area contributed by atoms with E-state index in [-0.39, 0.29) is 23.6 Å². The zero-order chi connectivity index (χ0) is 16.7. The van der Waals surface area contributed by atoms with E-state index in [9.17, 15) is 10.2 Å². The first kappa shape index (κ1) is 20.5. The van der Waals surface area contributed by atoms with Crippen molar-refractivity contribution in [2.45, 2.75) is 18.9 Å². The van der Waals surface area contributed by atoms with Crippen molar-refractivity contribution in [2.24, 2.45) is 0 Å². The number of halogens is 1. The summed E-state index contributed by atoms with van der Waals surface area (Å²) in [5.74, 6) is 1.10. The van der Waals surface area contributed by atoms with Crippen LogP contribution >= 0.6 is 17.0 Å². The zero-order valence-corrected chi connectivity index (χ0v) is 15.9. The highest BCUT2D eigenvalue weighted by atomic mass is 79.9. The fourth-order valence-corrected chi connectivity index (χ4v) is 2.50. The molecule has 0 aliphatic rings. The number of aliphatic hydroxyl groups excluding tert-OH is 1. The van der Waals surface area contributed by atoms with Crippen LogP contribution in [0.25, 0.3) is 0 Å². The van der Waals surface area contributed by atoms with Crippen molar-refractivity contribution in [2.75, 3.05) is 27.2 Å². The van der Waals surface area contributed by atoms with Gasteiger partial charge in [-0.15, -0.1) is 17.0 Å². The van der Waals surface area contributed by atoms with Crippen molar-refractivity contribution in [1.29, 1.82) is 0 Å². The Hall–Kier alpha value is -1.56. The number of phenols is 1. The molecule has 2 rings (SSSR count). The molecule has 4 nitrogen and oxygen atoms in total. The maximum absolute atomic E-state index is 9.92. The summed E-state index contributed by atoms with van der Waals surface area (Å²) in [5, 5.41) is 19.4. The third-order valence-electron chi connectivity index (χ3n) is 3.57. The minimum absolute atomic E-state index is 0. The Bertz CT molecular complexity index is 619. The summed E-state index contributed by atoms with van der Waals surface area (Å²) in [7, 11) is 3.85. The number of hydrogen-bond donors (Lipinski definition) is 2. The van der Waals surface area contributed by atoms with Gasteiger partial charge in [-0.1, -0.05) is 30.3 Å². The second-order valence-electron chi connectivity index (χ2n) is 6.00. The first-order valence-corrected chi connectivity index (χ1v) is 7.86. The highest BCUT2D eigenvalue weighted by Gasteiger charge is 2.09. The molecule has 0 saturated heterocycles. The minimum Gasteiger partial charge on any atom is -0.508 e. The molecule has 1 atom stereocenters. The fourth-order valence-electron chi connectivity index (χ4n) is 2.50. The van der Waals surface area contributed by atoms with Crippen molar-refractivity contribution in [3.63, 3.8) is 0 Å². The first-order chi connectivity index (χ1) is 11.0. The number of aliphatic hydroxyl groups is 1. The number of para-hydroxylation sites is 1. The second kappa shape index (κ2) is 10.3. The Kier molecular flexibility index (Phi) is 8.82. The van der Waals surface area contributed by atoms with Gasteiger partial charge in [0.2, 0.25) is 0 Å². The van der Waals surface area contributed by atoms with Crippen LogP contribution in [0.4, 0.5) is 0 Å². The zero-order valence-electron chi connectivity index (χ0n) is 14.2. The van der Waals surface area contributed by atoms with Gasteiger partial charge in [0.05, 0.1) is 0 Å². The number of ether oxygens (including phenoxy) is 1. The summed E-state index contributed by atoms with van der Waals surface area (Å²) < 4.78 is 5.79. The largest absolute Gasteiger partial charge is 0.508 e. The van der Waals surface area contributed by atoms with Crippen molar-refractivity contribution in [3.8, 4) is 11.5 Å². The maximum Gasteiger partial charge on any atom is 0.122 e. The Labute approximate surface area is 154 Å². The Morgan fingerprint density at radius 2 is 1.79 bits per heavy atom. The molecule has 0 heterocycles. The summed E-state index contributed by atoms with van der Waals surface area (Å²) in [6, 6.07) is 15.2. The summed E-state index contributed by atoms with van der Waals surface area (Å²) >= 11 is 0. The number of phenolic OH excluding ortho intramolecular Hbond substituents is 1. The van der Waals surface area contributed by atoms with Gasteiger partial charge in [-0.25, -0.2) is 0 Å². The van der Waals surface area contributed by atoms with E-state index < -0.39 is 6.10 Å². The lowest BCUT2D eigenvalue weighted by atomic mass is 10.0. The molecule has 0 bridgehead atoms. The molecule has 0 radical (unpaired) electrons. The molecule has 0 spiro atoms. The van der Waals surface area contributed by atoms with Gasteiger partial charge < -0.3 is 19.8 Å². The molecule has 24 heavy (non-hydrogen) atoms. The number of hydrogen-bond acceptors (Lipinski definition) is 4. The summed E-state index contributed by atoms with van der Waals surface area (Å²) in [4.78, 5) is 1.93. The summed E-state index contributed by atoms with van der Waals surface area (Å²) in [5.41, 5.74) is 2.19. The SMILES string of the molecule is Br.CN(C)CC(O)COc1ccccc1CCc1cccc(O)c1. The molecule has 5 heteroatoms. The van der Waals surface area contributed by atoms with Crippen LogP contribution in [0.2, 0.25) is 0 Å². The van der Waals surface area contributed by atoms with Crippen LogP contribution in [0.5, 0.6) is 11.5 Å². The van der Waals surface area contributed by atoms with Crippen LogP contribution in [0, 0.1) is 0 Å². The van der Waals surface area contributed by atoms with Crippen LogP contribution in [0.3, 0.4) is 0 Å². The molecule has 2 N–H and O–H groups in total. The standard InChI is InChI=1S/C19H25NO3.BrH/c1-20(2)13-18(22)14-23-19-9-4-3-7-16(19)11-10-15-6-5-8-17(21)12-15;/h3-9,12,18,21-22H,10-11,13-14H2,1-2H3;1H. The Balaban J connectivity index is 0.00000288. The molecule has 2 aromatic carbocycles. The number of likely N-dealkylation sites (N-methyl/N-ethyl adjacent to an activating group) is 1. The number of nitrogens with zero attached hydrogens (tertiary/aromatic N) is 1. The number of aromatic hydroxyl groups is 1. The van der Waals surface area contributed by atoms with E-state index in [4.69, 9.17) is 4.74 Å². The summed E-state index contributed by atoms with van der Waals surface area (Å²) in [6.45, 7) is 0.854. The quantitative estimate of drug-likeness (QED) is 0.720. The predicted octanol–water partition coefficient (Wildman–Crippen LogP) is 3.06. The third kappa shape index (κ3) is 6.91. The highest BCUT2D eigenvalue weighted by molar-refractivity contribution is 8.93. The van der Waals surface area contributed by atoms with Crippen LogP contribution in [-0.4, -0.2) is 48.5 Å². The molecular formula is C19H26BrNO3. The van der Waals surface area contributed by atoms with E-state index >= 15 is 0 Å². The van der Waals surface area contributed by atoms with E-state index in [1.54, 1.807) is 12.1 Å². The molecule has 132 valence electrons. The van der Waals surface area contributed by atoms with Crippen LogP contribution in [-0.2, 0) is 12.8 Å². The Morgan fingerprint density at radius 1 is 1.04 bits per heavy atom. The van der Waals surface area contributed by atoms with E-state index in [1.165, 1.54) is 0 Å². The number of aryl methyl sites for hydroxylation is 2. The van der Waals surface area contributed by atoms with Gasteiger partial charge >= 0.3 is 0 Å². The molecular weight excluding hydrogens is 370 g/mol. The minimum atomic E-state index is -0.510. The maximum atomic E-state index is 9.92. The fraction of sp³-hybridized carbons (Fsp3) is 0.368. The average Bonchev–Trinajstić information content (AvgIpc) is 2.51. The van der Waals surface area contributed by atoms with Gasteiger partial charge in [0.25, 0.3) is 0 Å². The van der Waals surface area contributed by atoms with Gasteiger partial charge in [0.15, 0.2) is 0 Å². The van der Waals surface area contributed by atoms with Crippen LogP contribution < -0.4 is 4.74 Å². The van der Waals surface area contributed by atoms with Gasteiger partial charge in [0, 0.05) is 6.54 Å². The molecule has 0 saturated carbocycles. The molecule has 0 fully saturated rings. The monoisotopic (exact) mass is 395 g/mol. The second-order valence-corrected chi connectivity index (χ2v) is 6.00. The average molecular weight is 396 g/mol. The molecule has 0 aliphatic heterocycles. The van der Waals surface area contributed by atoms with Crippen LogP contribution in [0.1, 0.15) is 11.1 Å². The van der Waals surface area contributed by atoms with Gasteiger partial charge in [-0.2, -0.15) is 0 Å². The number of benzene rings is 2. The molecule has 0 amide bonds. The molecule has 0 aromatic heterocycles. The summed E-state index contributed by atoms with van der Waals surface area (Å²) in [6.07, 6.45) is 1.14. The topological polar surface area (TPSA) is 52.9 Å². The third-order valence-corrected chi connectivity index (χ3v) is 3.57. The lowest BCUT2D eigenvalue weighted by molar-refractivity contribution is 0.0827. The molecule has 1 unspecified atom stereocenters. The molecule has 2 aromatic rings. The lowest BCUT2D eigenvalue weighted by Crippen LogP contribution is -2.30. The molecule has 0 aliphatic carbocycles. The van der Waals surface area contributed by atoms with Crippen molar-refractivity contribution in [3.05, 3.63) is 59.7 Å². The smallest absolute Gasteiger partial charge is 0.122 e. The van der Waals surface area contributed by atoms with Crippen molar-refractivity contribution < 1.29 is 14.9 Å². The van der Waals surface area contributed by atoms with E-state index in [0.29, 0.717) is 12.3 Å². The number of rotatable bonds is 8. The lowest BCUT2D eigenvalue weighted by Gasteiger charge is -2.18. The highest BCUT2D eigenvalue weighted by Crippen LogP contribution is 2.21. The van der Waals surface area contributed by atoms with Crippen molar-refractivity contribution >= 4 is 17.0 Å². The van der Waals surface area contributed by atoms with E-state index in [2.05, 4.69) is 0 Å². The van der Waals surface area contributed by atoms with E-state index in [0.717, 1.165) is 29.7 Å². The van der Waals surface area contributed by atoms with E-state index in [1.807, 2.05) is 55.4 Å². The first-order valence-electron chi connectivity index (χ1n) is 7.86.